The van der Waals surface area contributed by atoms with Crippen LogP contribution in [0, 0.1) is 5.82 Å². The summed E-state index contributed by atoms with van der Waals surface area (Å²) in [5.41, 5.74) is 6.14. The van der Waals surface area contributed by atoms with E-state index in [2.05, 4.69) is 0 Å². The van der Waals surface area contributed by atoms with Crippen molar-refractivity contribution in [2.75, 3.05) is 5.73 Å². The topological polar surface area (TPSA) is 80.5 Å². The predicted octanol–water partition coefficient (Wildman–Crippen LogP) is 1.75. The molecule has 1 aliphatic rings. The van der Waals surface area contributed by atoms with E-state index in [-0.39, 0.29) is 22.7 Å². The van der Waals surface area contributed by atoms with E-state index in [1.807, 2.05) is 0 Å². The zero-order valence-corrected chi connectivity index (χ0v) is 11.6. The maximum Gasteiger partial charge on any atom is 0.269 e. The molecule has 1 aliphatic heterocycles. The molecule has 0 unspecified atom stereocenters. The molecular weight excluding hydrogens is 295 g/mol. The quantitative estimate of drug-likeness (QED) is 0.857. The van der Waals surface area contributed by atoms with Gasteiger partial charge in [0.15, 0.2) is 0 Å². The van der Waals surface area contributed by atoms with Gasteiger partial charge in [-0.25, -0.2) is 17.1 Å². The van der Waals surface area contributed by atoms with Crippen LogP contribution in [0.25, 0.3) is 0 Å². The molecule has 0 saturated heterocycles. The van der Waals surface area contributed by atoms with Gasteiger partial charge in [0, 0.05) is 5.69 Å². The number of hydrogen-bond donors (Lipinski definition) is 1. The normalized spacial score (nSPS) is 16.0. The highest BCUT2D eigenvalue weighted by molar-refractivity contribution is 7.90. The molecule has 2 aromatic carbocycles. The highest BCUT2D eigenvalue weighted by atomic mass is 32.2. The second kappa shape index (κ2) is 4.56. The van der Waals surface area contributed by atoms with E-state index in [1.165, 1.54) is 18.2 Å². The fourth-order valence-corrected chi connectivity index (χ4v) is 3.88. The van der Waals surface area contributed by atoms with Crippen LogP contribution in [-0.4, -0.2) is 18.6 Å². The molecule has 7 heteroatoms. The average Bonchev–Trinajstić information content (AvgIpc) is 2.60. The molecule has 0 saturated carbocycles. The Morgan fingerprint density at radius 2 is 1.86 bits per heavy atom. The number of amides is 1. The molecule has 0 atom stereocenters. The summed E-state index contributed by atoms with van der Waals surface area (Å²) < 4.78 is 38.7. The minimum Gasteiger partial charge on any atom is -0.399 e. The van der Waals surface area contributed by atoms with Gasteiger partial charge in [0.2, 0.25) is 0 Å². The Kier molecular flexibility index (Phi) is 2.94. The van der Waals surface area contributed by atoms with Crippen LogP contribution in [0.2, 0.25) is 0 Å². The van der Waals surface area contributed by atoms with E-state index < -0.39 is 21.7 Å². The van der Waals surface area contributed by atoms with Crippen molar-refractivity contribution in [3.8, 4) is 0 Å². The van der Waals surface area contributed by atoms with E-state index >= 15 is 0 Å². The van der Waals surface area contributed by atoms with Gasteiger partial charge in [0.25, 0.3) is 15.9 Å². The Hall–Kier alpha value is -2.41. The third-order valence-electron chi connectivity index (χ3n) is 3.22. The summed E-state index contributed by atoms with van der Waals surface area (Å²) in [5.74, 6) is -1.19. The summed E-state index contributed by atoms with van der Waals surface area (Å²) in [7, 11) is -3.90. The van der Waals surface area contributed by atoms with Gasteiger partial charge >= 0.3 is 0 Å². The summed E-state index contributed by atoms with van der Waals surface area (Å²) in [6.07, 6.45) is 0. The highest BCUT2D eigenvalue weighted by Crippen LogP contribution is 2.31. The first-order valence-electron chi connectivity index (χ1n) is 6.10. The van der Waals surface area contributed by atoms with Crippen LogP contribution in [0.4, 0.5) is 10.1 Å². The van der Waals surface area contributed by atoms with Crippen molar-refractivity contribution in [2.45, 2.75) is 11.4 Å². The molecule has 2 aromatic rings. The van der Waals surface area contributed by atoms with Crippen LogP contribution in [0.1, 0.15) is 15.9 Å². The molecule has 0 bridgehead atoms. The van der Waals surface area contributed by atoms with E-state index in [9.17, 15) is 17.6 Å². The number of carbonyl (C=O) groups excluding carboxylic acids is 1. The highest BCUT2D eigenvalue weighted by Gasteiger charge is 2.40. The number of benzene rings is 2. The molecule has 0 aromatic heterocycles. The monoisotopic (exact) mass is 306 g/mol. The van der Waals surface area contributed by atoms with E-state index in [4.69, 9.17) is 5.73 Å². The van der Waals surface area contributed by atoms with Crippen LogP contribution in [0.3, 0.4) is 0 Å². The van der Waals surface area contributed by atoms with Gasteiger partial charge in [-0.1, -0.05) is 12.1 Å². The number of nitrogen functional groups attached to an aromatic ring is 1. The molecular formula is C14H11FN2O3S. The number of nitrogens with zero attached hydrogens (tertiary/aromatic N) is 1. The fraction of sp³-hybridized carbons (Fsp3) is 0.0714. The molecule has 0 spiro atoms. The van der Waals surface area contributed by atoms with Gasteiger partial charge in [-0.3, -0.25) is 4.79 Å². The zero-order chi connectivity index (χ0) is 15.2. The molecule has 2 N–H and O–H groups in total. The molecule has 1 heterocycles. The minimum absolute atomic E-state index is 0.0284. The van der Waals surface area contributed by atoms with Crippen LogP contribution in [0.5, 0.6) is 0 Å². The fourth-order valence-electron chi connectivity index (χ4n) is 2.32. The lowest BCUT2D eigenvalue weighted by Gasteiger charge is -2.15. The largest absolute Gasteiger partial charge is 0.399 e. The first-order chi connectivity index (χ1) is 9.89. The maximum atomic E-state index is 13.3. The van der Waals surface area contributed by atoms with Gasteiger partial charge < -0.3 is 5.73 Å². The Morgan fingerprint density at radius 1 is 1.14 bits per heavy atom. The van der Waals surface area contributed by atoms with Gasteiger partial charge in [0.05, 0.1) is 12.1 Å². The molecule has 5 nitrogen and oxygen atoms in total. The van der Waals surface area contributed by atoms with Gasteiger partial charge in [0.1, 0.15) is 10.7 Å². The second-order valence-corrected chi connectivity index (χ2v) is 6.54. The predicted molar refractivity (Wildman–Crippen MR) is 74.3 cm³/mol. The number of rotatable bonds is 2. The first-order valence-corrected chi connectivity index (χ1v) is 7.54. The van der Waals surface area contributed by atoms with Crippen molar-refractivity contribution < 1.29 is 17.6 Å². The molecule has 21 heavy (non-hydrogen) atoms. The number of anilines is 1. The van der Waals surface area contributed by atoms with Crippen LogP contribution in [-0.2, 0) is 16.6 Å². The molecule has 0 fully saturated rings. The van der Waals surface area contributed by atoms with Gasteiger partial charge in [-0.05, 0) is 35.9 Å². The molecule has 0 aliphatic carbocycles. The Bertz CT molecular complexity index is 829. The van der Waals surface area contributed by atoms with Crippen LogP contribution < -0.4 is 5.73 Å². The molecule has 3 rings (SSSR count). The van der Waals surface area contributed by atoms with E-state index in [1.54, 1.807) is 12.1 Å². The summed E-state index contributed by atoms with van der Waals surface area (Å²) in [6, 6.07) is 9.69. The van der Waals surface area contributed by atoms with E-state index in [0.29, 0.717) is 5.56 Å². The number of halogens is 1. The lowest BCUT2D eigenvalue weighted by atomic mass is 10.1. The lowest BCUT2D eigenvalue weighted by Crippen LogP contribution is -2.29. The summed E-state index contributed by atoms with van der Waals surface area (Å²) >= 11 is 0. The summed E-state index contributed by atoms with van der Waals surface area (Å²) in [6.45, 7) is -0.252. The van der Waals surface area contributed by atoms with Crippen molar-refractivity contribution in [2.24, 2.45) is 0 Å². The third-order valence-corrected chi connectivity index (χ3v) is 5.01. The molecule has 1 amide bonds. The molecule has 0 radical (unpaired) electrons. The standard InChI is InChI=1S/C14H11FN2O3S/c15-10-5-9(6-11(16)7-10)8-17-14(18)12-3-1-2-4-13(12)21(17,19)20/h1-7H,8,16H2. The van der Waals surface area contributed by atoms with Crippen molar-refractivity contribution >= 4 is 21.6 Å². The zero-order valence-electron chi connectivity index (χ0n) is 10.8. The number of nitrogens with two attached hydrogens (primary N) is 1. The summed E-state index contributed by atoms with van der Waals surface area (Å²) in [5, 5.41) is 0. The second-order valence-electron chi connectivity index (χ2n) is 4.71. The third kappa shape index (κ3) is 2.15. The number of carbonyl (C=O) groups is 1. The maximum absolute atomic E-state index is 13.3. The SMILES string of the molecule is Nc1cc(F)cc(CN2C(=O)c3ccccc3S2(=O)=O)c1. The smallest absolute Gasteiger partial charge is 0.269 e. The lowest BCUT2D eigenvalue weighted by molar-refractivity contribution is 0.0865. The van der Waals surface area contributed by atoms with Crippen LogP contribution >= 0.6 is 0 Å². The number of sulfonamides is 1. The van der Waals surface area contributed by atoms with Crippen LogP contribution in [0.15, 0.2) is 47.4 Å². The van der Waals surface area contributed by atoms with Gasteiger partial charge in [-0.15, -0.1) is 0 Å². The van der Waals surface area contributed by atoms with Crippen molar-refractivity contribution in [1.29, 1.82) is 0 Å². The number of fused-ring (bicyclic) bond motifs is 1. The Balaban J connectivity index is 2.03. The van der Waals surface area contributed by atoms with Gasteiger partial charge in [-0.2, -0.15) is 0 Å². The van der Waals surface area contributed by atoms with Crippen molar-refractivity contribution in [3.63, 3.8) is 0 Å². The first kappa shape index (κ1) is 13.6. The Labute approximate surface area is 120 Å². The Morgan fingerprint density at radius 3 is 2.52 bits per heavy atom. The minimum atomic E-state index is -3.90. The van der Waals surface area contributed by atoms with Crippen molar-refractivity contribution in [3.05, 3.63) is 59.4 Å². The van der Waals surface area contributed by atoms with E-state index in [0.717, 1.165) is 16.4 Å². The molecule has 108 valence electrons. The van der Waals surface area contributed by atoms with Crippen molar-refractivity contribution in [1.82, 2.24) is 4.31 Å². The number of hydrogen-bond acceptors (Lipinski definition) is 4. The average molecular weight is 306 g/mol. The summed E-state index contributed by atoms with van der Waals surface area (Å²) in [4.78, 5) is 12.2.